The van der Waals surface area contributed by atoms with Crippen LogP contribution in [0.15, 0.2) is 96.0 Å². The number of nitrogens with zero attached hydrogens (tertiary/aromatic N) is 2. The van der Waals surface area contributed by atoms with Crippen molar-refractivity contribution in [3.8, 4) is 0 Å². The van der Waals surface area contributed by atoms with E-state index in [4.69, 9.17) is 4.99 Å². The standard InChI is InChI=1S/C26H25N3O2S/c30-24-19-23(25(31)27-21-14-6-2-7-15-21)32-26(28-22-16-8-3-9-17-22)29(24)18-10-13-20-11-4-1-5-12-20/h1-9,11-12,14-17,23H,10,13,18-19H2,(H,27,31)/t23-/m1/s1. The molecule has 0 unspecified atom stereocenters. The number of rotatable bonds is 7. The van der Waals surface area contributed by atoms with Gasteiger partial charge in [0, 0.05) is 18.7 Å². The fourth-order valence-electron chi connectivity index (χ4n) is 3.50. The minimum atomic E-state index is -0.518. The molecule has 1 heterocycles. The van der Waals surface area contributed by atoms with Crippen LogP contribution in [0.2, 0.25) is 0 Å². The fourth-order valence-corrected chi connectivity index (χ4v) is 4.63. The Kier molecular flexibility index (Phi) is 7.35. The van der Waals surface area contributed by atoms with Crippen molar-refractivity contribution in [3.05, 3.63) is 96.6 Å². The summed E-state index contributed by atoms with van der Waals surface area (Å²) in [6.07, 6.45) is 1.86. The molecule has 0 spiro atoms. The fraction of sp³-hybridized carbons (Fsp3) is 0.192. The lowest BCUT2D eigenvalue weighted by Crippen LogP contribution is -2.45. The SMILES string of the molecule is O=C(Nc1ccccc1)[C@H]1CC(=O)N(CCCc2ccccc2)C(=Nc2ccccc2)S1. The Balaban J connectivity index is 1.49. The maximum Gasteiger partial charge on any atom is 0.238 e. The van der Waals surface area contributed by atoms with E-state index >= 15 is 0 Å². The Morgan fingerprint density at radius 3 is 2.25 bits per heavy atom. The molecular weight excluding hydrogens is 418 g/mol. The van der Waals surface area contributed by atoms with E-state index in [1.54, 1.807) is 4.90 Å². The Bertz CT molecular complexity index is 1070. The van der Waals surface area contributed by atoms with Crippen molar-refractivity contribution in [1.82, 2.24) is 4.90 Å². The van der Waals surface area contributed by atoms with Gasteiger partial charge >= 0.3 is 0 Å². The maximum atomic E-state index is 13.1. The van der Waals surface area contributed by atoms with Gasteiger partial charge in [0.2, 0.25) is 11.8 Å². The molecule has 1 aliphatic heterocycles. The second kappa shape index (κ2) is 10.8. The highest BCUT2D eigenvalue weighted by atomic mass is 32.2. The van der Waals surface area contributed by atoms with Crippen LogP contribution in [0.4, 0.5) is 11.4 Å². The summed E-state index contributed by atoms with van der Waals surface area (Å²) in [5.74, 6) is -0.251. The van der Waals surface area contributed by atoms with Crippen LogP contribution < -0.4 is 5.32 Å². The third-order valence-corrected chi connectivity index (χ3v) is 6.33. The van der Waals surface area contributed by atoms with E-state index in [0.717, 1.165) is 24.2 Å². The van der Waals surface area contributed by atoms with Gasteiger partial charge in [-0.2, -0.15) is 0 Å². The molecule has 4 rings (SSSR count). The summed E-state index contributed by atoms with van der Waals surface area (Å²) in [5.41, 5.74) is 2.73. The number of amidine groups is 1. The Morgan fingerprint density at radius 2 is 1.56 bits per heavy atom. The number of carbonyl (C=O) groups is 2. The van der Waals surface area contributed by atoms with Gasteiger partial charge in [0.25, 0.3) is 0 Å². The molecule has 162 valence electrons. The molecular formula is C26H25N3O2S. The van der Waals surface area contributed by atoms with E-state index in [2.05, 4.69) is 17.4 Å². The van der Waals surface area contributed by atoms with Crippen LogP contribution >= 0.6 is 11.8 Å². The van der Waals surface area contributed by atoms with Crippen LogP contribution in [-0.4, -0.2) is 33.7 Å². The summed E-state index contributed by atoms with van der Waals surface area (Å²) in [7, 11) is 0. The third kappa shape index (κ3) is 5.86. The lowest BCUT2D eigenvalue weighted by molar-refractivity contribution is -0.129. The monoisotopic (exact) mass is 443 g/mol. The molecule has 0 aromatic heterocycles. The molecule has 0 radical (unpaired) electrons. The van der Waals surface area contributed by atoms with Crippen molar-refractivity contribution < 1.29 is 9.59 Å². The van der Waals surface area contributed by atoms with Gasteiger partial charge in [0.15, 0.2) is 5.17 Å². The smallest absolute Gasteiger partial charge is 0.238 e. The number of anilines is 1. The molecule has 1 N–H and O–H groups in total. The lowest BCUT2D eigenvalue weighted by Gasteiger charge is -2.31. The largest absolute Gasteiger partial charge is 0.325 e. The number of nitrogens with one attached hydrogen (secondary N) is 1. The van der Waals surface area contributed by atoms with E-state index in [0.29, 0.717) is 11.7 Å². The van der Waals surface area contributed by atoms with Gasteiger partial charge in [-0.1, -0.05) is 78.5 Å². The maximum absolute atomic E-state index is 13.1. The molecule has 5 nitrogen and oxygen atoms in total. The molecule has 0 saturated carbocycles. The van der Waals surface area contributed by atoms with Crippen molar-refractivity contribution in [1.29, 1.82) is 0 Å². The molecule has 1 atom stereocenters. The topological polar surface area (TPSA) is 61.8 Å². The Labute approximate surface area is 192 Å². The number of aryl methyl sites for hydroxylation is 1. The predicted octanol–water partition coefficient (Wildman–Crippen LogP) is 5.28. The second-order valence-corrected chi connectivity index (χ2v) is 8.70. The summed E-state index contributed by atoms with van der Waals surface area (Å²) in [5, 5.41) is 2.97. The molecule has 0 aliphatic carbocycles. The molecule has 0 bridgehead atoms. The van der Waals surface area contributed by atoms with Gasteiger partial charge in [0.1, 0.15) is 5.25 Å². The molecule has 1 fully saturated rings. The van der Waals surface area contributed by atoms with Crippen LogP contribution in [0.5, 0.6) is 0 Å². The number of thioether (sulfide) groups is 1. The van der Waals surface area contributed by atoms with E-state index in [9.17, 15) is 9.59 Å². The van der Waals surface area contributed by atoms with Crippen LogP contribution in [-0.2, 0) is 16.0 Å². The Morgan fingerprint density at radius 1 is 0.938 bits per heavy atom. The van der Waals surface area contributed by atoms with Gasteiger partial charge in [0.05, 0.1) is 5.69 Å². The highest BCUT2D eigenvalue weighted by molar-refractivity contribution is 8.15. The van der Waals surface area contributed by atoms with Crippen molar-refractivity contribution in [3.63, 3.8) is 0 Å². The van der Waals surface area contributed by atoms with Crippen molar-refractivity contribution in [2.45, 2.75) is 24.5 Å². The molecule has 6 heteroatoms. The number of hydrogen-bond donors (Lipinski definition) is 1. The molecule has 1 saturated heterocycles. The summed E-state index contributed by atoms with van der Waals surface area (Å²) in [6.45, 7) is 0.569. The quantitative estimate of drug-likeness (QED) is 0.540. The zero-order valence-corrected chi connectivity index (χ0v) is 18.5. The third-order valence-electron chi connectivity index (χ3n) is 5.14. The average molecular weight is 444 g/mol. The summed E-state index contributed by atoms with van der Waals surface area (Å²) in [6, 6.07) is 29.1. The number of benzene rings is 3. The van der Waals surface area contributed by atoms with Gasteiger partial charge in [-0.3, -0.25) is 14.5 Å². The van der Waals surface area contributed by atoms with E-state index in [1.807, 2.05) is 78.9 Å². The first-order chi connectivity index (χ1) is 15.7. The average Bonchev–Trinajstić information content (AvgIpc) is 2.82. The predicted molar refractivity (Wildman–Crippen MR) is 131 cm³/mol. The normalized spacial score (nSPS) is 17.4. The highest BCUT2D eigenvalue weighted by Crippen LogP contribution is 2.30. The zero-order chi connectivity index (χ0) is 22.2. The summed E-state index contributed by atoms with van der Waals surface area (Å²) in [4.78, 5) is 32.4. The van der Waals surface area contributed by atoms with Crippen LogP contribution in [0.25, 0.3) is 0 Å². The van der Waals surface area contributed by atoms with Gasteiger partial charge < -0.3 is 5.32 Å². The van der Waals surface area contributed by atoms with Crippen molar-refractivity contribution in [2.24, 2.45) is 4.99 Å². The number of hydrogen-bond acceptors (Lipinski definition) is 4. The minimum absolute atomic E-state index is 0.0697. The summed E-state index contributed by atoms with van der Waals surface area (Å²) >= 11 is 1.35. The first kappa shape index (κ1) is 21.8. The number of para-hydroxylation sites is 2. The van der Waals surface area contributed by atoms with Gasteiger partial charge in [-0.25, -0.2) is 4.99 Å². The summed E-state index contributed by atoms with van der Waals surface area (Å²) < 4.78 is 0. The van der Waals surface area contributed by atoms with Crippen molar-refractivity contribution >= 4 is 40.1 Å². The molecule has 3 aromatic carbocycles. The Hall–Kier alpha value is -3.38. The first-order valence-electron chi connectivity index (χ1n) is 10.7. The minimum Gasteiger partial charge on any atom is -0.325 e. The zero-order valence-electron chi connectivity index (χ0n) is 17.7. The van der Waals surface area contributed by atoms with Crippen LogP contribution in [0.1, 0.15) is 18.4 Å². The van der Waals surface area contributed by atoms with E-state index < -0.39 is 5.25 Å². The number of carbonyl (C=O) groups excluding carboxylic acids is 2. The number of aliphatic imine (C=N–C) groups is 1. The molecule has 1 aliphatic rings. The molecule has 3 aromatic rings. The lowest BCUT2D eigenvalue weighted by atomic mass is 10.1. The van der Waals surface area contributed by atoms with Crippen LogP contribution in [0, 0.1) is 0 Å². The first-order valence-corrected chi connectivity index (χ1v) is 11.6. The van der Waals surface area contributed by atoms with Crippen molar-refractivity contribution in [2.75, 3.05) is 11.9 Å². The molecule has 32 heavy (non-hydrogen) atoms. The van der Waals surface area contributed by atoms with Gasteiger partial charge in [-0.05, 0) is 42.7 Å². The van der Waals surface area contributed by atoms with Gasteiger partial charge in [-0.15, -0.1) is 0 Å². The van der Waals surface area contributed by atoms with E-state index in [-0.39, 0.29) is 18.2 Å². The second-order valence-electron chi connectivity index (χ2n) is 7.53. The molecule has 2 amide bonds. The van der Waals surface area contributed by atoms with E-state index in [1.165, 1.54) is 17.3 Å². The van der Waals surface area contributed by atoms with Crippen LogP contribution in [0.3, 0.4) is 0 Å². The number of amides is 2. The highest BCUT2D eigenvalue weighted by Gasteiger charge is 2.35.